The van der Waals surface area contributed by atoms with Gasteiger partial charge in [0.05, 0.1) is 18.3 Å². The minimum atomic E-state index is -0.137. The summed E-state index contributed by atoms with van der Waals surface area (Å²) in [6.07, 6.45) is 1.26. The van der Waals surface area contributed by atoms with Gasteiger partial charge >= 0.3 is 0 Å². The summed E-state index contributed by atoms with van der Waals surface area (Å²) >= 11 is 0. The van der Waals surface area contributed by atoms with Crippen molar-refractivity contribution in [2.24, 2.45) is 0 Å². The Labute approximate surface area is 133 Å². The van der Waals surface area contributed by atoms with Crippen molar-refractivity contribution in [3.63, 3.8) is 0 Å². The molecule has 0 radical (unpaired) electrons. The van der Waals surface area contributed by atoms with Gasteiger partial charge in [-0.05, 0) is 12.1 Å². The van der Waals surface area contributed by atoms with Crippen LogP contribution in [0.1, 0.15) is 0 Å². The number of nitrogens with zero attached hydrogens (tertiary/aromatic N) is 4. The molecule has 1 amide bonds. The number of amides is 1. The molecular formula is C16H20N4O3. The van der Waals surface area contributed by atoms with Gasteiger partial charge in [-0.15, -0.1) is 0 Å². The van der Waals surface area contributed by atoms with Crippen molar-refractivity contribution in [2.45, 2.75) is 6.54 Å². The van der Waals surface area contributed by atoms with E-state index in [2.05, 4.69) is 10.00 Å². The fourth-order valence-electron chi connectivity index (χ4n) is 2.88. The lowest BCUT2D eigenvalue weighted by atomic mass is 10.2. The zero-order valence-corrected chi connectivity index (χ0v) is 12.9. The van der Waals surface area contributed by atoms with Gasteiger partial charge < -0.3 is 10.0 Å². The summed E-state index contributed by atoms with van der Waals surface area (Å²) in [6.45, 7) is 3.75. The molecule has 122 valence electrons. The predicted octanol–water partition coefficient (Wildman–Crippen LogP) is -0.467. The van der Waals surface area contributed by atoms with E-state index in [1.807, 2.05) is 11.0 Å². The van der Waals surface area contributed by atoms with Crippen molar-refractivity contribution >= 4 is 16.8 Å². The Balaban J connectivity index is 1.72. The number of piperazine rings is 1. The highest BCUT2D eigenvalue weighted by Crippen LogP contribution is 2.09. The molecule has 7 nitrogen and oxygen atoms in total. The summed E-state index contributed by atoms with van der Waals surface area (Å²) in [5, 5.41) is 13.6. The second-order valence-corrected chi connectivity index (χ2v) is 5.63. The number of fused-ring (bicyclic) bond motifs is 1. The molecule has 1 aliphatic heterocycles. The lowest BCUT2D eigenvalue weighted by Crippen LogP contribution is -2.50. The van der Waals surface area contributed by atoms with Gasteiger partial charge in [-0.2, -0.15) is 5.10 Å². The smallest absolute Gasteiger partial charge is 0.244 e. The molecule has 0 bridgehead atoms. The normalized spacial score (nSPS) is 16.0. The number of hydrogen-bond donors (Lipinski definition) is 1. The minimum Gasteiger partial charge on any atom is -0.395 e. The van der Waals surface area contributed by atoms with Crippen LogP contribution >= 0.6 is 0 Å². The van der Waals surface area contributed by atoms with Gasteiger partial charge in [-0.25, -0.2) is 0 Å². The van der Waals surface area contributed by atoms with Crippen LogP contribution in [0.15, 0.2) is 35.3 Å². The zero-order chi connectivity index (χ0) is 16.2. The first-order valence-electron chi connectivity index (χ1n) is 7.75. The molecule has 0 aliphatic carbocycles. The Kier molecular flexibility index (Phi) is 4.68. The number of aromatic nitrogens is 2. The van der Waals surface area contributed by atoms with Crippen LogP contribution < -0.4 is 5.43 Å². The molecule has 3 rings (SSSR count). The fraction of sp³-hybridized carbons (Fsp3) is 0.438. The van der Waals surface area contributed by atoms with Crippen LogP contribution in [-0.4, -0.2) is 69.9 Å². The van der Waals surface area contributed by atoms with Crippen molar-refractivity contribution in [2.75, 3.05) is 39.3 Å². The lowest BCUT2D eigenvalue weighted by molar-refractivity contribution is -0.133. The third-order valence-corrected chi connectivity index (χ3v) is 4.19. The van der Waals surface area contributed by atoms with E-state index >= 15 is 0 Å². The molecule has 0 atom stereocenters. The summed E-state index contributed by atoms with van der Waals surface area (Å²) in [5.41, 5.74) is 0.536. The summed E-state index contributed by atoms with van der Waals surface area (Å²) in [7, 11) is 0. The maximum absolute atomic E-state index is 12.5. The van der Waals surface area contributed by atoms with Crippen LogP contribution in [0.25, 0.3) is 10.9 Å². The first kappa shape index (κ1) is 15.6. The van der Waals surface area contributed by atoms with Crippen LogP contribution in [-0.2, 0) is 11.3 Å². The van der Waals surface area contributed by atoms with Gasteiger partial charge in [0, 0.05) is 38.1 Å². The van der Waals surface area contributed by atoms with E-state index in [4.69, 9.17) is 5.11 Å². The van der Waals surface area contributed by atoms with E-state index in [1.54, 1.807) is 22.9 Å². The number of para-hydroxylation sites is 1. The second kappa shape index (κ2) is 6.89. The number of aliphatic hydroxyl groups is 1. The molecule has 0 spiro atoms. The minimum absolute atomic E-state index is 0.00468. The van der Waals surface area contributed by atoms with Crippen LogP contribution in [0, 0.1) is 0 Å². The topological polar surface area (TPSA) is 78.7 Å². The monoisotopic (exact) mass is 316 g/mol. The van der Waals surface area contributed by atoms with Gasteiger partial charge in [-0.1, -0.05) is 12.1 Å². The number of β-amino-alcohol motifs (C(OH)–C–C–N with tert-alkyl or cyclic N) is 1. The van der Waals surface area contributed by atoms with E-state index in [0.717, 1.165) is 13.1 Å². The highest BCUT2D eigenvalue weighted by atomic mass is 16.3. The lowest BCUT2D eigenvalue weighted by Gasteiger charge is -2.34. The molecule has 2 aromatic rings. The fourth-order valence-corrected chi connectivity index (χ4v) is 2.88. The summed E-state index contributed by atoms with van der Waals surface area (Å²) in [5.74, 6) is -0.00468. The molecule has 2 heterocycles. The van der Waals surface area contributed by atoms with E-state index < -0.39 is 0 Å². The molecule has 1 aromatic heterocycles. The van der Waals surface area contributed by atoms with Gasteiger partial charge in [0.15, 0.2) is 0 Å². The summed E-state index contributed by atoms with van der Waals surface area (Å²) < 4.78 is 1.58. The molecule has 23 heavy (non-hydrogen) atoms. The standard InChI is InChI=1S/C16H20N4O3/c21-10-9-18-5-7-19(8-6-18)16(23)12-20-14-4-2-1-3-13(14)15(22)11-17-20/h1-4,11,21H,5-10,12H2. The number of carbonyl (C=O) groups excluding carboxylic acids is 1. The third-order valence-electron chi connectivity index (χ3n) is 4.19. The molecule has 1 aromatic carbocycles. The van der Waals surface area contributed by atoms with Gasteiger partial charge in [0.25, 0.3) is 0 Å². The van der Waals surface area contributed by atoms with Gasteiger partial charge in [0.1, 0.15) is 6.54 Å². The molecule has 1 fully saturated rings. The zero-order valence-electron chi connectivity index (χ0n) is 12.9. The SMILES string of the molecule is O=C(Cn1ncc(=O)c2ccccc21)N1CCN(CCO)CC1. The van der Waals surface area contributed by atoms with Crippen molar-refractivity contribution in [1.82, 2.24) is 19.6 Å². The number of carbonyl (C=O) groups is 1. The number of aliphatic hydroxyl groups excluding tert-OH is 1. The van der Waals surface area contributed by atoms with Crippen LogP contribution in [0.3, 0.4) is 0 Å². The Bertz CT molecular complexity index is 750. The Morgan fingerprint density at radius 2 is 1.91 bits per heavy atom. The third kappa shape index (κ3) is 3.40. The quantitative estimate of drug-likeness (QED) is 0.825. The number of benzene rings is 1. The summed E-state index contributed by atoms with van der Waals surface area (Å²) in [4.78, 5) is 28.2. The first-order valence-corrected chi connectivity index (χ1v) is 7.75. The van der Waals surface area contributed by atoms with Crippen molar-refractivity contribution in [3.8, 4) is 0 Å². The maximum atomic E-state index is 12.5. The second-order valence-electron chi connectivity index (χ2n) is 5.63. The van der Waals surface area contributed by atoms with E-state index in [9.17, 15) is 9.59 Å². The largest absolute Gasteiger partial charge is 0.395 e. The first-order chi connectivity index (χ1) is 11.2. The van der Waals surface area contributed by atoms with Crippen LogP contribution in [0.4, 0.5) is 0 Å². The molecule has 0 unspecified atom stereocenters. The average Bonchev–Trinajstić information content (AvgIpc) is 2.58. The molecule has 7 heteroatoms. The number of hydrogen-bond acceptors (Lipinski definition) is 5. The Morgan fingerprint density at radius 1 is 1.17 bits per heavy atom. The van der Waals surface area contributed by atoms with Crippen molar-refractivity contribution in [1.29, 1.82) is 0 Å². The van der Waals surface area contributed by atoms with Crippen molar-refractivity contribution in [3.05, 3.63) is 40.7 Å². The molecule has 1 saturated heterocycles. The average molecular weight is 316 g/mol. The predicted molar refractivity (Wildman–Crippen MR) is 86.1 cm³/mol. The Hall–Kier alpha value is -2.25. The molecule has 1 N–H and O–H groups in total. The van der Waals surface area contributed by atoms with Gasteiger partial charge in [-0.3, -0.25) is 19.2 Å². The molecular weight excluding hydrogens is 296 g/mol. The number of rotatable bonds is 4. The van der Waals surface area contributed by atoms with E-state index in [1.165, 1.54) is 6.20 Å². The van der Waals surface area contributed by atoms with E-state index in [-0.39, 0.29) is 24.5 Å². The van der Waals surface area contributed by atoms with Crippen LogP contribution in [0.2, 0.25) is 0 Å². The summed E-state index contributed by atoms with van der Waals surface area (Å²) in [6, 6.07) is 7.18. The molecule has 0 saturated carbocycles. The van der Waals surface area contributed by atoms with Gasteiger partial charge in [0.2, 0.25) is 11.3 Å². The highest BCUT2D eigenvalue weighted by Gasteiger charge is 2.21. The van der Waals surface area contributed by atoms with Crippen molar-refractivity contribution < 1.29 is 9.90 Å². The highest BCUT2D eigenvalue weighted by molar-refractivity contribution is 5.81. The maximum Gasteiger partial charge on any atom is 0.244 e. The van der Waals surface area contributed by atoms with Crippen LogP contribution in [0.5, 0.6) is 0 Å². The van der Waals surface area contributed by atoms with E-state index in [0.29, 0.717) is 30.5 Å². The molecule has 1 aliphatic rings. The Morgan fingerprint density at radius 3 is 2.65 bits per heavy atom.